The van der Waals surface area contributed by atoms with E-state index in [4.69, 9.17) is 13.8 Å². The molecule has 8 heteroatoms. The Morgan fingerprint density at radius 3 is 2.29 bits per heavy atom. The van der Waals surface area contributed by atoms with Crippen LogP contribution in [0.25, 0.3) is 16.7 Å². The van der Waals surface area contributed by atoms with Crippen LogP contribution < -0.4 is 10.1 Å². The summed E-state index contributed by atoms with van der Waals surface area (Å²) < 4.78 is 18.7. The minimum absolute atomic E-state index is 0.175. The molecule has 7 nitrogen and oxygen atoms in total. The predicted octanol–water partition coefficient (Wildman–Crippen LogP) is 6.48. The Morgan fingerprint density at radius 1 is 0.971 bits per heavy atom. The molecule has 0 aliphatic heterocycles. The Morgan fingerprint density at radius 2 is 1.66 bits per heavy atom. The highest BCUT2D eigenvalue weighted by Crippen LogP contribution is 2.42. The molecule has 0 bridgehead atoms. The molecule has 0 unspecified atom stereocenters. The zero-order chi connectivity index (χ0) is 24.8. The van der Waals surface area contributed by atoms with Gasteiger partial charge in [0.05, 0.1) is 31.4 Å². The van der Waals surface area contributed by atoms with Crippen LogP contribution in [0.5, 0.6) is 5.75 Å². The lowest BCUT2D eigenvalue weighted by Gasteiger charge is -2.15. The van der Waals surface area contributed by atoms with Crippen LogP contribution in [0, 0.1) is 6.92 Å². The van der Waals surface area contributed by atoms with Crippen LogP contribution in [0.2, 0.25) is 0 Å². The van der Waals surface area contributed by atoms with Crippen molar-refractivity contribution in [3.05, 3.63) is 83.7 Å². The Balaban J connectivity index is 1.52. The molecule has 182 valence electrons. The van der Waals surface area contributed by atoms with E-state index in [2.05, 4.69) is 10.3 Å². The minimum Gasteiger partial charge on any atom is -0.497 e. The molecule has 1 amide bonds. The number of anilines is 1. The third-order valence-electron chi connectivity index (χ3n) is 5.48. The SMILES string of the molecule is CCOP(Cc1ccc(NC(=O)c2ccc3nc(C)n(-c4ccc(OC)cc4)c3c2)cc1)OCC. The fourth-order valence-electron chi connectivity index (χ4n) is 3.86. The molecule has 0 radical (unpaired) electrons. The number of hydrogen-bond acceptors (Lipinski definition) is 5. The lowest BCUT2D eigenvalue weighted by atomic mass is 10.1. The van der Waals surface area contributed by atoms with Gasteiger partial charge in [-0.25, -0.2) is 4.98 Å². The van der Waals surface area contributed by atoms with Gasteiger partial charge in [-0.05, 0) is 80.9 Å². The van der Waals surface area contributed by atoms with Crippen molar-refractivity contribution < 1.29 is 18.6 Å². The van der Waals surface area contributed by atoms with E-state index in [-0.39, 0.29) is 5.91 Å². The van der Waals surface area contributed by atoms with E-state index in [9.17, 15) is 4.79 Å². The molecule has 1 heterocycles. The summed E-state index contributed by atoms with van der Waals surface area (Å²) in [5, 5.41) is 2.99. The van der Waals surface area contributed by atoms with E-state index in [0.717, 1.165) is 45.7 Å². The number of benzene rings is 3. The van der Waals surface area contributed by atoms with Gasteiger partial charge in [-0.1, -0.05) is 12.1 Å². The summed E-state index contributed by atoms with van der Waals surface area (Å²) in [5.74, 6) is 1.46. The van der Waals surface area contributed by atoms with Gasteiger partial charge in [0.15, 0.2) is 8.38 Å². The quantitative estimate of drug-likeness (QED) is 0.257. The monoisotopic (exact) mass is 491 g/mol. The third-order valence-corrected chi connectivity index (χ3v) is 7.20. The van der Waals surface area contributed by atoms with Gasteiger partial charge >= 0.3 is 0 Å². The van der Waals surface area contributed by atoms with Gasteiger partial charge in [0.2, 0.25) is 0 Å². The molecule has 0 saturated heterocycles. The van der Waals surface area contributed by atoms with Crippen LogP contribution in [0.4, 0.5) is 5.69 Å². The molecule has 4 rings (SSSR count). The van der Waals surface area contributed by atoms with Crippen molar-refractivity contribution in [3.8, 4) is 11.4 Å². The van der Waals surface area contributed by atoms with Crippen LogP contribution in [0.3, 0.4) is 0 Å². The summed E-state index contributed by atoms with van der Waals surface area (Å²) in [6, 6.07) is 21.1. The number of aromatic nitrogens is 2. The number of rotatable bonds is 10. The first kappa shape index (κ1) is 24.9. The van der Waals surface area contributed by atoms with Crippen molar-refractivity contribution in [2.75, 3.05) is 25.6 Å². The van der Waals surface area contributed by atoms with Crippen LogP contribution >= 0.6 is 8.38 Å². The zero-order valence-electron chi connectivity index (χ0n) is 20.4. The Hall–Kier alpha value is -3.25. The van der Waals surface area contributed by atoms with Gasteiger partial charge in [0.25, 0.3) is 5.91 Å². The average molecular weight is 492 g/mol. The van der Waals surface area contributed by atoms with Crippen molar-refractivity contribution in [3.63, 3.8) is 0 Å². The third kappa shape index (κ3) is 5.88. The number of imidazole rings is 1. The maximum absolute atomic E-state index is 13.0. The van der Waals surface area contributed by atoms with Crippen LogP contribution in [0.1, 0.15) is 35.6 Å². The second-order valence-electron chi connectivity index (χ2n) is 7.87. The number of amides is 1. The van der Waals surface area contributed by atoms with E-state index in [1.165, 1.54) is 0 Å². The number of nitrogens with zero attached hydrogens (tertiary/aromatic N) is 2. The summed E-state index contributed by atoms with van der Waals surface area (Å²) in [4.78, 5) is 17.7. The largest absolute Gasteiger partial charge is 0.497 e. The van der Waals surface area contributed by atoms with Crippen LogP contribution in [0.15, 0.2) is 66.7 Å². The Bertz CT molecular complexity index is 1280. The highest BCUT2D eigenvalue weighted by atomic mass is 31.2. The lowest BCUT2D eigenvalue weighted by molar-refractivity contribution is 0.102. The number of nitrogens with one attached hydrogen (secondary N) is 1. The van der Waals surface area contributed by atoms with E-state index < -0.39 is 8.38 Å². The number of aryl methyl sites for hydroxylation is 1. The number of hydrogen-bond donors (Lipinski definition) is 1. The molecule has 0 atom stereocenters. The number of carbonyl (C=O) groups is 1. The van der Waals surface area contributed by atoms with Crippen molar-refractivity contribution in [2.45, 2.75) is 26.9 Å². The van der Waals surface area contributed by atoms with Crippen molar-refractivity contribution >= 4 is 31.0 Å². The second-order valence-corrected chi connectivity index (χ2v) is 9.37. The van der Waals surface area contributed by atoms with Gasteiger partial charge in [0, 0.05) is 23.1 Å². The van der Waals surface area contributed by atoms with Crippen LogP contribution in [-0.4, -0.2) is 35.8 Å². The molecule has 0 aliphatic carbocycles. The van der Waals surface area contributed by atoms with E-state index in [0.29, 0.717) is 18.8 Å². The second kappa shape index (κ2) is 11.5. The summed E-state index contributed by atoms with van der Waals surface area (Å²) in [6.07, 6.45) is 0.719. The van der Waals surface area contributed by atoms with Gasteiger partial charge < -0.3 is 19.1 Å². The number of ether oxygens (including phenoxy) is 1. The summed E-state index contributed by atoms with van der Waals surface area (Å²) >= 11 is 0. The normalized spacial score (nSPS) is 11.2. The maximum Gasteiger partial charge on any atom is 0.255 e. The molecule has 0 spiro atoms. The summed E-state index contributed by atoms with van der Waals surface area (Å²) in [5.41, 5.74) is 5.06. The molecule has 0 aliphatic rings. The zero-order valence-corrected chi connectivity index (χ0v) is 21.3. The van der Waals surface area contributed by atoms with Crippen LogP contribution in [-0.2, 0) is 15.2 Å². The number of carbonyl (C=O) groups excluding carboxylic acids is 1. The van der Waals surface area contributed by atoms with Gasteiger partial charge in [-0.2, -0.15) is 0 Å². The summed E-state index contributed by atoms with van der Waals surface area (Å²) in [6.45, 7) is 7.14. The molecule has 3 aromatic carbocycles. The molecule has 35 heavy (non-hydrogen) atoms. The van der Waals surface area contributed by atoms with E-state index in [1.807, 2.05) is 86.0 Å². The van der Waals surface area contributed by atoms with Gasteiger partial charge in [-0.15, -0.1) is 0 Å². The molecule has 4 aromatic rings. The van der Waals surface area contributed by atoms with E-state index in [1.54, 1.807) is 13.2 Å². The predicted molar refractivity (Wildman–Crippen MR) is 141 cm³/mol. The van der Waals surface area contributed by atoms with Gasteiger partial charge in [0.1, 0.15) is 11.6 Å². The van der Waals surface area contributed by atoms with Crippen molar-refractivity contribution in [2.24, 2.45) is 0 Å². The molecule has 1 N–H and O–H groups in total. The first-order chi connectivity index (χ1) is 17.0. The molecule has 0 saturated carbocycles. The Kier molecular flexibility index (Phi) is 8.13. The van der Waals surface area contributed by atoms with E-state index >= 15 is 0 Å². The lowest BCUT2D eigenvalue weighted by Crippen LogP contribution is -2.12. The van der Waals surface area contributed by atoms with Crippen molar-refractivity contribution in [1.82, 2.24) is 9.55 Å². The molecular weight excluding hydrogens is 461 g/mol. The first-order valence-corrected chi connectivity index (χ1v) is 13.0. The molecule has 1 aromatic heterocycles. The standard InChI is InChI=1S/C27H30N3O4P/c1-5-33-35(34-6-2)18-20-7-10-22(11-8-20)29-27(31)21-9-16-25-26(17-21)30(19(3)28-25)23-12-14-24(32-4)15-13-23/h7-17H,5-6,18H2,1-4H3,(H,29,31). The average Bonchev–Trinajstić information content (AvgIpc) is 3.20. The molecule has 0 fully saturated rings. The number of methoxy groups -OCH3 is 1. The number of fused-ring (bicyclic) bond motifs is 1. The highest BCUT2D eigenvalue weighted by molar-refractivity contribution is 7.46. The smallest absolute Gasteiger partial charge is 0.255 e. The minimum atomic E-state index is -0.943. The molecular formula is C27H30N3O4P. The fraction of sp³-hybridized carbons (Fsp3) is 0.259. The van der Waals surface area contributed by atoms with Crippen molar-refractivity contribution in [1.29, 1.82) is 0 Å². The topological polar surface area (TPSA) is 74.6 Å². The first-order valence-electron chi connectivity index (χ1n) is 11.6. The van der Waals surface area contributed by atoms with Gasteiger partial charge in [-0.3, -0.25) is 9.36 Å². The summed E-state index contributed by atoms with van der Waals surface area (Å²) in [7, 11) is 0.701. The maximum atomic E-state index is 13.0. The Labute approximate surface area is 207 Å². The fourth-order valence-corrected chi connectivity index (χ4v) is 5.20. The highest BCUT2D eigenvalue weighted by Gasteiger charge is 2.14.